The van der Waals surface area contributed by atoms with Crippen molar-refractivity contribution in [3.63, 3.8) is 0 Å². The number of carbonyl (C=O) groups is 1. The predicted octanol–water partition coefficient (Wildman–Crippen LogP) is 0.234. The molecule has 1 fully saturated rings. The van der Waals surface area contributed by atoms with Crippen molar-refractivity contribution in [2.45, 2.75) is 19.1 Å². The summed E-state index contributed by atoms with van der Waals surface area (Å²) >= 11 is 0. The second-order valence-electron chi connectivity index (χ2n) is 3.89. The fourth-order valence-electron chi connectivity index (χ4n) is 1.94. The number of nitrogens with two attached hydrogens (primary N) is 1. The van der Waals surface area contributed by atoms with E-state index in [-0.39, 0.29) is 12.1 Å². The van der Waals surface area contributed by atoms with Crippen LogP contribution in [0.4, 0.5) is 0 Å². The molecule has 7 nitrogen and oxygen atoms in total. The van der Waals surface area contributed by atoms with Crippen LogP contribution in [0.3, 0.4) is 0 Å². The first-order valence-corrected chi connectivity index (χ1v) is 5.36. The highest BCUT2D eigenvalue weighted by Crippen LogP contribution is 2.25. The molecule has 0 bridgehead atoms. The maximum absolute atomic E-state index is 11.0. The molecule has 7 heteroatoms. The Kier molecular flexibility index (Phi) is 2.25. The molecule has 0 aliphatic carbocycles. The molecule has 0 saturated carbocycles. The highest BCUT2D eigenvalue weighted by atomic mass is 16.5. The van der Waals surface area contributed by atoms with Gasteiger partial charge in [0, 0.05) is 6.61 Å². The molecule has 0 radical (unpaired) electrons. The molecular weight excluding hydrogens is 222 g/mol. The normalized spacial score (nSPS) is 19.9. The van der Waals surface area contributed by atoms with E-state index >= 15 is 0 Å². The number of ether oxygens (including phenoxy) is 1. The van der Waals surface area contributed by atoms with Gasteiger partial charge in [0.2, 0.25) is 5.82 Å². The average molecular weight is 233 g/mol. The van der Waals surface area contributed by atoms with Gasteiger partial charge in [-0.2, -0.15) is 0 Å². The molecule has 88 valence electrons. The maximum atomic E-state index is 11.0. The summed E-state index contributed by atoms with van der Waals surface area (Å²) in [5.74, 6) is -0.649. The van der Waals surface area contributed by atoms with Crippen LogP contribution in [0.15, 0.2) is 12.5 Å². The number of amides is 1. The lowest BCUT2D eigenvalue weighted by molar-refractivity contribution is 0.0592. The number of imidazole rings is 1. The average Bonchev–Trinajstić information content (AvgIpc) is 2.96. The molecule has 1 saturated heterocycles. The summed E-state index contributed by atoms with van der Waals surface area (Å²) in [6.07, 6.45) is 5.02. The smallest absolute Gasteiger partial charge is 0.286 e. The molecule has 0 aromatic carbocycles. The Hall–Kier alpha value is -2.02. The van der Waals surface area contributed by atoms with Crippen LogP contribution in [0.2, 0.25) is 0 Å². The van der Waals surface area contributed by atoms with Gasteiger partial charge in [0.05, 0.1) is 12.5 Å². The van der Waals surface area contributed by atoms with Crippen LogP contribution < -0.4 is 5.73 Å². The topological polar surface area (TPSA) is 95.9 Å². The van der Waals surface area contributed by atoms with Gasteiger partial charge in [0.15, 0.2) is 5.65 Å². The zero-order valence-corrected chi connectivity index (χ0v) is 9.04. The molecule has 17 heavy (non-hydrogen) atoms. The van der Waals surface area contributed by atoms with Crippen molar-refractivity contribution in [1.82, 2.24) is 19.5 Å². The minimum Gasteiger partial charge on any atom is -0.363 e. The largest absolute Gasteiger partial charge is 0.363 e. The number of aromatic nitrogens is 4. The Bertz CT molecular complexity index is 573. The quantitative estimate of drug-likeness (QED) is 0.801. The van der Waals surface area contributed by atoms with Gasteiger partial charge in [-0.15, -0.1) is 0 Å². The van der Waals surface area contributed by atoms with E-state index in [2.05, 4.69) is 15.0 Å². The Morgan fingerprint density at radius 2 is 2.41 bits per heavy atom. The SMILES string of the molecule is NC(=O)c1ncc2ncn(C3CCCO3)c2n1. The van der Waals surface area contributed by atoms with E-state index in [9.17, 15) is 4.79 Å². The van der Waals surface area contributed by atoms with Crippen LogP contribution in [0.25, 0.3) is 11.2 Å². The number of carbonyl (C=O) groups excluding carboxylic acids is 1. The lowest BCUT2D eigenvalue weighted by Gasteiger charge is -2.11. The van der Waals surface area contributed by atoms with Gasteiger partial charge >= 0.3 is 0 Å². The summed E-state index contributed by atoms with van der Waals surface area (Å²) in [7, 11) is 0. The lowest BCUT2D eigenvalue weighted by Crippen LogP contribution is -2.16. The Labute approximate surface area is 96.6 Å². The first kappa shape index (κ1) is 10.2. The van der Waals surface area contributed by atoms with Gasteiger partial charge in [-0.1, -0.05) is 0 Å². The number of fused-ring (bicyclic) bond motifs is 1. The fourth-order valence-corrected chi connectivity index (χ4v) is 1.94. The third-order valence-electron chi connectivity index (χ3n) is 2.75. The molecular formula is C10H11N5O2. The van der Waals surface area contributed by atoms with Gasteiger partial charge in [-0.3, -0.25) is 9.36 Å². The zero-order valence-electron chi connectivity index (χ0n) is 9.04. The molecule has 2 N–H and O–H groups in total. The molecule has 0 spiro atoms. The van der Waals surface area contributed by atoms with Gasteiger partial charge in [-0.25, -0.2) is 15.0 Å². The van der Waals surface area contributed by atoms with Crippen LogP contribution >= 0.6 is 0 Å². The van der Waals surface area contributed by atoms with E-state index < -0.39 is 5.91 Å². The molecule has 2 aromatic rings. The van der Waals surface area contributed by atoms with Crippen molar-refractivity contribution in [3.8, 4) is 0 Å². The molecule has 1 aliphatic heterocycles. The second-order valence-corrected chi connectivity index (χ2v) is 3.89. The first-order chi connectivity index (χ1) is 8.25. The summed E-state index contributed by atoms with van der Waals surface area (Å²) in [4.78, 5) is 23.2. The third-order valence-corrected chi connectivity index (χ3v) is 2.75. The number of rotatable bonds is 2. The summed E-state index contributed by atoms with van der Waals surface area (Å²) < 4.78 is 7.37. The van der Waals surface area contributed by atoms with Crippen molar-refractivity contribution in [2.24, 2.45) is 5.73 Å². The maximum Gasteiger partial charge on any atom is 0.286 e. The summed E-state index contributed by atoms with van der Waals surface area (Å²) in [6, 6.07) is 0. The van der Waals surface area contributed by atoms with Crippen molar-refractivity contribution in [1.29, 1.82) is 0 Å². The highest BCUT2D eigenvalue weighted by molar-refractivity contribution is 5.90. The second kappa shape index (κ2) is 3.77. The van der Waals surface area contributed by atoms with Crippen LogP contribution in [0.1, 0.15) is 29.7 Å². The zero-order chi connectivity index (χ0) is 11.8. The minimum absolute atomic E-state index is 0.00255. The van der Waals surface area contributed by atoms with E-state index in [0.717, 1.165) is 19.4 Å². The number of primary amides is 1. The molecule has 1 amide bonds. The Balaban J connectivity index is 2.11. The van der Waals surface area contributed by atoms with Gasteiger partial charge in [0.25, 0.3) is 5.91 Å². The van der Waals surface area contributed by atoms with Crippen molar-refractivity contribution >= 4 is 17.1 Å². The van der Waals surface area contributed by atoms with Gasteiger partial charge in [-0.05, 0) is 12.8 Å². The third kappa shape index (κ3) is 1.64. The van der Waals surface area contributed by atoms with Crippen LogP contribution in [0.5, 0.6) is 0 Å². The monoisotopic (exact) mass is 233 g/mol. The van der Waals surface area contributed by atoms with Crippen LogP contribution in [-0.2, 0) is 4.74 Å². The van der Waals surface area contributed by atoms with Crippen LogP contribution in [-0.4, -0.2) is 32.0 Å². The van der Waals surface area contributed by atoms with E-state index in [0.29, 0.717) is 11.2 Å². The molecule has 3 heterocycles. The number of nitrogens with zero attached hydrogens (tertiary/aromatic N) is 4. The number of hydrogen-bond acceptors (Lipinski definition) is 5. The van der Waals surface area contributed by atoms with Crippen molar-refractivity contribution in [3.05, 3.63) is 18.3 Å². The van der Waals surface area contributed by atoms with Gasteiger partial charge in [0.1, 0.15) is 11.7 Å². The van der Waals surface area contributed by atoms with Crippen molar-refractivity contribution in [2.75, 3.05) is 6.61 Å². The van der Waals surface area contributed by atoms with E-state index in [4.69, 9.17) is 10.5 Å². The fraction of sp³-hybridized carbons (Fsp3) is 0.400. The minimum atomic E-state index is -0.646. The van der Waals surface area contributed by atoms with Crippen molar-refractivity contribution < 1.29 is 9.53 Å². The Morgan fingerprint density at radius 3 is 3.12 bits per heavy atom. The lowest BCUT2D eigenvalue weighted by atomic mass is 10.3. The molecule has 1 unspecified atom stereocenters. The summed E-state index contributed by atoms with van der Waals surface area (Å²) in [5, 5.41) is 0. The van der Waals surface area contributed by atoms with Crippen LogP contribution in [0, 0.1) is 0 Å². The summed E-state index contributed by atoms with van der Waals surface area (Å²) in [5.41, 5.74) is 6.37. The number of hydrogen-bond donors (Lipinski definition) is 1. The standard InChI is InChI=1S/C10H11N5O2/c11-8(16)9-12-4-6-10(14-9)15(5-13-6)7-2-1-3-17-7/h4-5,7H,1-3H2,(H2,11,16). The van der Waals surface area contributed by atoms with E-state index in [1.165, 1.54) is 6.20 Å². The molecule has 1 atom stereocenters. The van der Waals surface area contributed by atoms with E-state index in [1.54, 1.807) is 6.33 Å². The first-order valence-electron chi connectivity index (χ1n) is 5.36. The van der Waals surface area contributed by atoms with E-state index in [1.807, 2.05) is 4.57 Å². The molecule has 3 rings (SSSR count). The molecule has 2 aromatic heterocycles. The predicted molar refractivity (Wildman–Crippen MR) is 58.1 cm³/mol. The van der Waals surface area contributed by atoms with Gasteiger partial charge < -0.3 is 10.5 Å². The Morgan fingerprint density at radius 1 is 1.53 bits per heavy atom. The molecule has 1 aliphatic rings. The summed E-state index contributed by atoms with van der Waals surface area (Å²) in [6.45, 7) is 0.734. The highest BCUT2D eigenvalue weighted by Gasteiger charge is 2.20.